The van der Waals surface area contributed by atoms with E-state index in [4.69, 9.17) is 0 Å². The van der Waals surface area contributed by atoms with Gasteiger partial charge in [-0.1, -0.05) is 77.8 Å². The zero-order chi connectivity index (χ0) is 17.6. The summed E-state index contributed by atoms with van der Waals surface area (Å²) in [5, 5.41) is 0. The van der Waals surface area contributed by atoms with E-state index in [1.807, 2.05) is 13.8 Å². The Labute approximate surface area is 145 Å². The maximum Gasteiger partial charge on any atom is 0.00565 e. The quantitative estimate of drug-likeness (QED) is 0.508. The molecule has 0 spiro atoms. The fourth-order valence-electron chi connectivity index (χ4n) is 3.90. The van der Waals surface area contributed by atoms with Crippen LogP contribution in [0, 0.1) is 18.3 Å². The van der Waals surface area contributed by atoms with Crippen LogP contribution in [0.25, 0.3) is 0 Å². The molecule has 0 saturated heterocycles. The van der Waals surface area contributed by atoms with Gasteiger partial charge in [0.2, 0.25) is 0 Å². The summed E-state index contributed by atoms with van der Waals surface area (Å²) in [6, 6.07) is 7.17. The van der Waals surface area contributed by atoms with Gasteiger partial charge >= 0.3 is 0 Å². The average Bonchev–Trinajstić information content (AvgIpc) is 2.48. The molecule has 0 nitrogen and oxygen atoms in total. The van der Waals surface area contributed by atoms with Gasteiger partial charge in [-0.15, -0.1) is 0 Å². The van der Waals surface area contributed by atoms with Crippen molar-refractivity contribution in [2.75, 3.05) is 0 Å². The Kier molecular flexibility index (Phi) is 7.58. The first-order chi connectivity index (χ1) is 10.8. The second-order valence-electron chi connectivity index (χ2n) is 7.99. The molecule has 0 aliphatic heterocycles. The molecule has 2 rings (SSSR count). The van der Waals surface area contributed by atoms with Gasteiger partial charge in [-0.2, -0.15) is 0 Å². The molecule has 0 heterocycles. The summed E-state index contributed by atoms with van der Waals surface area (Å²) in [7, 11) is 0. The van der Waals surface area contributed by atoms with E-state index in [9.17, 15) is 0 Å². The van der Waals surface area contributed by atoms with E-state index < -0.39 is 0 Å². The van der Waals surface area contributed by atoms with Crippen molar-refractivity contribution in [3.63, 3.8) is 0 Å². The molecular formula is C23H38. The summed E-state index contributed by atoms with van der Waals surface area (Å²) in [6.07, 6.45) is 7.56. The second-order valence-corrected chi connectivity index (χ2v) is 7.99. The first-order valence-electron chi connectivity index (χ1n) is 9.59. The first kappa shape index (κ1) is 20.0. The Bertz CT molecular complexity index is 513. The van der Waals surface area contributed by atoms with Crippen molar-refractivity contribution in [1.29, 1.82) is 0 Å². The minimum Gasteiger partial charge on any atom is -0.0778 e. The van der Waals surface area contributed by atoms with E-state index >= 15 is 0 Å². The van der Waals surface area contributed by atoms with Crippen LogP contribution >= 0.6 is 0 Å². The van der Waals surface area contributed by atoms with Gasteiger partial charge in [0, 0.05) is 5.92 Å². The Balaban J connectivity index is 0.00000127. The van der Waals surface area contributed by atoms with Gasteiger partial charge in [-0.25, -0.2) is 0 Å². The summed E-state index contributed by atoms with van der Waals surface area (Å²) in [5.74, 6) is 1.34. The van der Waals surface area contributed by atoms with Crippen LogP contribution in [0.5, 0.6) is 0 Å². The van der Waals surface area contributed by atoms with Gasteiger partial charge in [0.25, 0.3) is 0 Å². The molecule has 1 aromatic carbocycles. The lowest BCUT2D eigenvalue weighted by Crippen LogP contribution is -2.29. The van der Waals surface area contributed by atoms with E-state index in [2.05, 4.69) is 65.8 Å². The van der Waals surface area contributed by atoms with Crippen LogP contribution in [-0.4, -0.2) is 0 Å². The van der Waals surface area contributed by atoms with Crippen molar-refractivity contribution in [3.05, 3.63) is 46.5 Å². The van der Waals surface area contributed by atoms with Crippen molar-refractivity contribution in [3.8, 4) is 0 Å². The smallest absolute Gasteiger partial charge is 0.00565 e. The summed E-state index contributed by atoms with van der Waals surface area (Å²) in [4.78, 5) is 0. The lowest BCUT2D eigenvalue weighted by atomic mass is 9.65. The molecule has 0 bridgehead atoms. The highest BCUT2D eigenvalue weighted by molar-refractivity contribution is 5.38. The fourth-order valence-corrected chi connectivity index (χ4v) is 3.90. The molecule has 0 fully saturated rings. The van der Waals surface area contributed by atoms with Crippen molar-refractivity contribution >= 4 is 0 Å². The first-order valence-corrected chi connectivity index (χ1v) is 9.59. The predicted octanol–water partition coefficient (Wildman–Crippen LogP) is 7.46. The molecule has 0 heteroatoms. The lowest BCUT2D eigenvalue weighted by Gasteiger charge is -2.40. The number of aryl methyl sites for hydroxylation is 2. The Morgan fingerprint density at radius 3 is 2.26 bits per heavy atom. The Morgan fingerprint density at radius 1 is 1.09 bits per heavy atom. The maximum atomic E-state index is 2.54. The van der Waals surface area contributed by atoms with Gasteiger partial charge in [-0.05, 0) is 61.1 Å². The minimum atomic E-state index is 0.371. The van der Waals surface area contributed by atoms with Crippen LogP contribution < -0.4 is 0 Å². The Hall–Kier alpha value is -1.04. The molecule has 0 aromatic heterocycles. The largest absolute Gasteiger partial charge is 0.0778 e. The topological polar surface area (TPSA) is 0 Å². The van der Waals surface area contributed by atoms with Gasteiger partial charge in [-0.3, -0.25) is 0 Å². The fraction of sp³-hybridized carbons (Fsp3) is 0.652. The van der Waals surface area contributed by atoms with E-state index in [1.165, 1.54) is 36.8 Å². The molecule has 1 aliphatic carbocycles. The van der Waals surface area contributed by atoms with Crippen molar-refractivity contribution in [2.45, 2.75) is 87.0 Å². The highest BCUT2D eigenvalue weighted by atomic mass is 14.4. The van der Waals surface area contributed by atoms with E-state index in [0.717, 1.165) is 5.92 Å². The molecule has 0 saturated carbocycles. The summed E-state index contributed by atoms with van der Waals surface area (Å²) < 4.78 is 0. The molecule has 0 N–H and O–H groups in total. The van der Waals surface area contributed by atoms with Gasteiger partial charge in [0.1, 0.15) is 0 Å². The van der Waals surface area contributed by atoms with Gasteiger partial charge in [0.05, 0.1) is 0 Å². The van der Waals surface area contributed by atoms with Crippen LogP contribution in [0.4, 0.5) is 0 Å². The Morgan fingerprint density at radius 2 is 1.74 bits per heavy atom. The number of benzene rings is 1. The van der Waals surface area contributed by atoms with Gasteiger partial charge in [0.15, 0.2) is 0 Å². The zero-order valence-electron chi connectivity index (χ0n) is 16.8. The number of hydrogen-bond donors (Lipinski definition) is 0. The third-order valence-corrected chi connectivity index (χ3v) is 5.09. The van der Waals surface area contributed by atoms with Crippen LogP contribution in [0.1, 0.15) is 90.3 Å². The van der Waals surface area contributed by atoms with Crippen molar-refractivity contribution in [2.24, 2.45) is 11.3 Å². The summed E-state index contributed by atoms with van der Waals surface area (Å²) >= 11 is 0. The third kappa shape index (κ3) is 5.23. The van der Waals surface area contributed by atoms with Crippen LogP contribution in [0.15, 0.2) is 29.8 Å². The second kappa shape index (κ2) is 8.71. The van der Waals surface area contributed by atoms with E-state index in [0.29, 0.717) is 11.3 Å². The third-order valence-electron chi connectivity index (χ3n) is 5.09. The maximum absolute atomic E-state index is 2.54. The predicted molar refractivity (Wildman–Crippen MR) is 105 cm³/mol. The molecule has 2 atom stereocenters. The van der Waals surface area contributed by atoms with E-state index in [-0.39, 0.29) is 0 Å². The standard InChI is InChI=1S/C21H32.C2H6/c1-7-8-17-10-11-18(16(3)14-17)19-13-15(2)9-12-20(19)21(4,5)6;1-2/h10-11,13-14,19-20H,7-9,12H2,1-6H3;1-2H3. The molecule has 0 radical (unpaired) electrons. The molecule has 1 aromatic rings. The summed E-state index contributed by atoms with van der Waals surface area (Å²) in [5.41, 5.74) is 6.45. The highest BCUT2D eigenvalue weighted by Gasteiger charge is 2.34. The molecule has 130 valence electrons. The zero-order valence-corrected chi connectivity index (χ0v) is 16.8. The molecule has 23 heavy (non-hydrogen) atoms. The number of hydrogen-bond acceptors (Lipinski definition) is 0. The molecular weight excluding hydrogens is 276 g/mol. The van der Waals surface area contributed by atoms with Crippen LogP contribution in [-0.2, 0) is 6.42 Å². The summed E-state index contributed by atoms with van der Waals surface area (Å²) in [6.45, 7) is 18.1. The van der Waals surface area contributed by atoms with Gasteiger partial charge < -0.3 is 0 Å². The normalized spacial score (nSPS) is 21.3. The minimum absolute atomic E-state index is 0.371. The van der Waals surface area contributed by atoms with Crippen molar-refractivity contribution < 1.29 is 0 Å². The molecule has 2 unspecified atom stereocenters. The monoisotopic (exact) mass is 314 g/mol. The van der Waals surface area contributed by atoms with Crippen molar-refractivity contribution in [1.82, 2.24) is 0 Å². The molecule has 1 aliphatic rings. The number of allylic oxidation sites excluding steroid dienone is 2. The SMILES string of the molecule is CC.CCCc1ccc(C2C=C(C)CCC2C(C)(C)C)c(C)c1. The number of rotatable bonds is 3. The van der Waals surface area contributed by atoms with Crippen LogP contribution in [0.2, 0.25) is 0 Å². The van der Waals surface area contributed by atoms with Crippen LogP contribution in [0.3, 0.4) is 0 Å². The highest BCUT2D eigenvalue weighted by Crippen LogP contribution is 2.46. The average molecular weight is 315 g/mol. The molecule has 0 amide bonds. The van der Waals surface area contributed by atoms with E-state index in [1.54, 1.807) is 11.1 Å². The lowest BCUT2D eigenvalue weighted by molar-refractivity contribution is 0.197.